The second-order valence-electron chi connectivity index (χ2n) is 6.72. The van der Waals surface area contributed by atoms with E-state index in [9.17, 15) is 0 Å². The third kappa shape index (κ3) is 4.67. The fourth-order valence-electron chi connectivity index (χ4n) is 3.16. The molecule has 1 aliphatic rings. The highest BCUT2D eigenvalue weighted by Crippen LogP contribution is 2.32. The van der Waals surface area contributed by atoms with E-state index in [-0.39, 0.29) is 12.8 Å². The van der Waals surface area contributed by atoms with E-state index in [1.807, 2.05) is 36.4 Å². The third-order valence-electron chi connectivity index (χ3n) is 4.70. The number of likely N-dealkylation sites (N-methyl/N-ethyl adjacent to an activating group) is 1. The lowest BCUT2D eigenvalue weighted by molar-refractivity contribution is 0.174. The van der Waals surface area contributed by atoms with Gasteiger partial charge in [-0.1, -0.05) is 24.3 Å². The highest BCUT2D eigenvalue weighted by atomic mass is 16.7. The lowest BCUT2D eigenvalue weighted by atomic mass is 10.0. The van der Waals surface area contributed by atoms with Gasteiger partial charge < -0.3 is 29.7 Å². The van der Waals surface area contributed by atoms with Gasteiger partial charge >= 0.3 is 0 Å². The lowest BCUT2D eigenvalue weighted by Crippen LogP contribution is -2.41. The summed E-state index contributed by atoms with van der Waals surface area (Å²) < 4.78 is 16.3. The van der Waals surface area contributed by atoms with Gasteiger partial charge in [-0.3, -0.25) is 4.99 Å². The summed E-state index contributed by atoms with van der Waals surface area (Å²) in [5.74, 6) is 3.19. The van der Waals surface area contributed by atoms with Crippen molar-refractivity contribution >= 4 is 5.96 Å². The molecular formula is C21H28N4O3. The summed E-state index contributed by atoms with van der Waals surface area (Å²) in [5, 5.41) is 6.75. The van der Waals surface area contributed by atoms with E-state index in [4.69, 9.17) is 14.2 Å². The smallest absolute Gasteiger partial charge is 0.231 e. The number of nitrogens with one attached hydrogen (secondary N) is 2. The van der Waals surface area contributed by atoms with Gasteiger partial charge in [0.2, 0.25) is 6.79 Å². The maximum absolute atomic E-state index is 5.53. The lowest BCUT2D eigenvalue weighted by Gasteiger charge is -2.27. The first-order valence-electron chi connectivity index (χ1n) is 9.24. The van der Waals surface area contributed by atoms with Gasteiger partial charge in [0.05, 0.1) is 13.2 Å². The average Bonchev–Trinajstić information content (AvgIpc) is 3.18. The summed E-state index contributed by atoms with van der Waals surface area (Å²) in [7, 11) is 7.58. The molecule has 28 heavy (non-hydrogen) atoms. The predicted octanol–water partition coefficient (Wildman–Crippen LogP) is 2.39. The maximum Gasteiger partial charge on any atom is 0.231 e. The number of aliphatic imine (C=N–C) groups is 1. The fraction of sp³-hybridized carbons (Fsp3) is 0.381. The summed E-state index contributed by atoms with van der Waals surface area (Å²) in [5.41, 5.74) is 2.23. The van der Waals surface area contributed by atoms with Crippen molar-refractivity contribution in [1.82, 2.24) is 15.5 Å². The van der Waals surface area contributed by atoms with E-state index >= 15 is 0 Å². The molecule has 1 aliphatic heterocycles. The third-order valence-corrected chi connectivity index (χ3v) is 4.70. The number of guanidine groups is 1. The quantitative estimate of drug-likeness (QED) is 0.564. The number of nitrogens with zero attached hydrogens (tertiary/aromatic N) is 2. The van der Waals surface area contributed by atoms with E-state index in [0.717, 1.165) is 34.3 Å². The molecular weight excluding hydrogens is 356 g/mol. The van der Waals surface area contributed by atoms with Gasteiger partial charge in [0.1, 0.15) is 5.75 Å². The van der Waals surface area contributed by atoms with Crippen LogP contribution in [0.15, 0.2) is 47.5 Å². The van der Waals surface area contributed by atoms with Crippen LogP contribution in [0, 0.1) is 0 Å². The van der Waals surface area contributed by atoms with Gasteiger partial charge in [0.25, 0.3) is 0 Å². The normalized spacial score (nSPS) is 14.1. The molecule has 0 radical (unpaired) electrons. The molecule has 7 nitrogen and oxygen atoms in total. The first kappa shape index (κ1) is 19.8. The molecule has 2 N–H and O–H groups in total. The number of fused-ring (bicyclic) bond motifs is 1. The van der Waals surface area contributed by atoms with Crippen molar-refractivity contribution in [1.29, 1.82) is 0 Å². The topological polar surface area (TPSA) is 67.4 Å². The van der Waals surface area contributed by atoms with Crippen LogP contribution < -0.4 is 24.8 Å². The van der Waals surface area contributed by atoms with Gasteiger partial charge in [-0.2, -0.15) is 0 Å². The van der Waals surface area contributed by atoms with E-state index < -0.39 is 0 Å². The Kier molecular flexibility index (Phi) is 6.60. The van der Waals surface area contributed by atoms with E-state index in [1.54, 1.807) is 14.2 Å². The highest BCUT2D eigenvalue weighted by molar-refractivity contribution is 5.79. The molecule has 1 atom stereocenters. The SMILES string of the molecule is CN=C(NCc1ccc2c(c1)OCO2)NCC(c1ccccc1OC)N(C)C. The van der Waals surface area contributed by atoms with Crippen LogP contribution in [0.1, 0.15) is 17.2 Å². The van der Waals surface area contributed by atoms with Crippen molar-refractivity contribution < 1.29 is 14.2 Å². The second kappa shape index (κ2) is 9.32. The molecule has 0 fully saturated rings. The molecule has 0 saturated carbocycles. The molecule has 0 aromatic heterocycles. The molecule has 0 bridgehead atoms. The number of para-hydroxylation sites is 1. The molecule has 0 saturated heterocycles. The standard InChI is InChI=1S/C21H28N4O3/c1-22-21(23-12-15-9-10-19-20(11-15)28-14-27-19)24-13-17(25(2)3)16-7-5-6-8-18(16)26-4/h5-11,17H,12-14H2,1-4H3,(H2,22,23,24). The van der Waals surface area contributed by atoms with Crippen molar-refractivity contribution in [3.8, 4) is 17.2 Å². The number of benzene rings is 2. The van der Waals surface area contributed by atoms with Crippen LogP contribution >= 0.6 is 0 Å². The summed E-state index contributed by atoms with van der Waals surface area (Å²) >= 11 is 0. The van der Waals surface area contributed by atoms with Crippen molar-refractivity contribution in [3.63, 3.8) is 0 Å². The fourth-order valence-corrected chi connectivity index (χ4v) is 3.16. The highest BCUT2D eigenvalue weighted by Gasteiger charge is 2.18. The summed E-state index contributed by atoms with van der Waals surface area (Å²) in [6.45, 7) is 1.61. The number of hydrogen-bond donors (Lipinski definition) is 2. The van der Waals surface area contributed by atoms with E-state index in [1.165, 1.54) is 0 Å². The zero-order valence-electron chi connectivity index (χ0n) is 16.9. The van der Waals surface area contributed by atoms with Crippen LogP contribution in [0.5, 0.6) is 17.2 Å². The Bertz CT molecular complexity index is 823. The van der Waals surface area contributed by atoms with Crippen molar-refractivity contribution in [2.45, 2.75) is 12.6 Å². The van der Waals surface area contributed by atoms with Crippen LogP contribution in [-0.4, -0.2) is 52.4 Å². The molecule has 2 aromatic carbocycles. The number of ether oxygens (including phenoxy) is 3. The Morgan fingerprint density at radius 1 is 1.14 bits per heavy atom. The Morgan fingerprint density at radius 2 is 1.93 bits per heavy atom. The second-order valence-corrected chi connectivity index (χ2v) is 6.72. The number of rotatable bonds is 7. The first-order valence-corrected chi connectivity index (χ1v) is 9.24. The number of hydrogen-bond acceptors (Lipinski definition) is 5. The molecule has 150 valence electrons. The summed E-state index contributed by atoms with van der Waals surface area (Å²) in [4.78, 5) is 6.49. The zero-order valence-corrected chi connectivity index (χ0v) is 16.9. The Balaban J connectivity index is 1.60. The maximum atomic E-state index is 5.53. The minimum atomic E-state index is 0.139. The molecule has 3 rings (SSSR count). The molecule has 1 heterocycles. The predicted molar refractivity (Wildman–Crippen MR) is 110 cm³/mol. The molecule has 0 aliphatic carbocycles. The van der Waals surface area contributed by atoms with E-state index in [0.29, 0.717) is 13.1 Å². The monoisotopic (exact) mass is 384 g/mol. The minimum absolute atomic E-state index is 0.139. The van der Waals surface area contributed by atoms with Gasteiger partial charge in [0, 0.05) is 25.7 Å². The Hall–Kier alpha value is -2.93. The summed E-state index contributed by atoms with van der Waals surface area (Å²) in [6.07, 6.45) is 0. The van der Waals surface area contributed by atoms with Crippen molar-refractivity contribution in [3.05, 3.63) is 53.6 Å². The van der Waals surface area contributed by atoms with Gasteiger partial charge in [-0.25, -0.2) is 0 Å². The van der Waals surface area contributed by atoms with Crippen LogP contribution in [0.25, 0.3) is 0 Å². The van der Waals surface area contributed by atoms with Gasteiger partial charge in [-0.15, -0.1) is 0 Å². The first-order chi connectivity index (χ1) is 13.6. The zero-order chi connectivity index (χ0) is 19.9. The van der Waals surface area contributed by atoms with E-state index in [2.05, 4.69) is 40.7 Å². The molecule has 1 unspecified atom stereocenters. The van der Waals surface area contributed by atoms with Crippen molar-refractivity contribution in [2.75, 3.05) is 41.6 Å². The largest absolute Gasteiger partial charge is 0.496 e. The van der Waals surface area contributed by atoms with Crippen molar-refractivity contribution in [2.24, 2.45) is 4.99 Å². The Morgan fingerprint density at radius 3 is 2.68 bits per heavy atom. The van der Waals surface area contributed by atoms with Crippen LogP contribution in [0.3, 0.4) is 0 Å². The Labute approximate surface area is 166 Å². The van der Waals surface area contributed by atoms with Crippen LogP contribution in [0.4, 0.5) is 0 Å². The number of methoxy groups -OCH3 is 1. The van der Waals surface area contributed by atoms with Crippen LogP contribution in [-0.2, 0) is 6.54 Å². The summed E-state index contributed by atoms with van der Waals surface area (Å²) in [6, 6.07) is 14.2. The average molecular weight is 384 g/mol. The molecule has 7 heteroatoms. The molecule has 0 amide bonds. The van der Waals surface area contributed by atoms with Gasteiger partial charge in [-0.05, 0) is 37.9 Å². The minimum Gasteiger partial charge on any atom is -0.496 e. The molecule has 2 aromatic rings. The molecule has 0 spiro atoms. The van der Waals surface area contributed by atoms with Gasteiger partial charge in [0.15, 0.2) is 17.5 Å². The van der Waals surface area contributed by atoms with Crippen LogP contribution in [0.2, 0.25) is 0 Å².